The maximum Gasteiger partial charge on any atom is 0.338 e. The third-order valence-corrected chi connectivity index (χ3v) is 4.23. The number of nitrogens with zero attached hydrogens (tertiary/aromatic N) is 1. The minimum Gasteiger partial charge on any atom is -0.478 e. The third-order valence-electron chi connectivity index (χ3n) is 2.85. The maximum atomic E-state index is 13.8. The van der Waals surface area contributed by atoms with E-state index in [1.807, 2.05) is 0 Å². The normalized spacial score (nSPS) is 23.6. The molecule has 1 aliphatic rings. The van der Waals surface area contributed by atoms with E-state index in [0.717, 1.165) is 6.07 Å². The number of halogens is 1. The number of carbonyl (C=O) groups is 1. The molecule has 2 heterocycles. The van der Waals surface area contributed by atoms with Crippen LogP contribution in [0.5, 0.6) is 0 Å². The summed E-state index contributed by atoms with van der Waals surface area (Å²) in [4.78, 5) is 14.6. The highest BCUT2D eigenvalue weighted by Crippen LogP contribution is 2.19. The van der Waals surface area contributed by atoms with Crippen molar-refractivity contribution < 1.29 is 18.5 Å². The van der Waals surface area contributed by atoms with E-state index in [4.69, 9.17) is 5.11 Å². The number of carboxylic acids is 1. The number of anilines is 1. The molecule has 5 nitrogen and oxygen atoms in total. The summed E-state index contributed by atoms with van der Waals surface area (Å²) in [6.45, 7) is 0. The molecule has 1 fully saturated rings. The van der Waals surface area contributed by atoms with Gasteiger partial charge in [-0.25, -0.2) is 14.2 Å². The molecule has 2 N–H and O–H groups in total. The lowest BCUT2D eigenvalue weighted by Crippen LogP contribution is -2.30. The Hall–Kier alpha value is -1.50. The van der Waals surface area contributed by atoms with Gasteiger partial charge in [-0.2, -0.15) is 0 Å². The van der Waals surface area contributed by atoms with E-state index in [1.165, 1.54) is 6.20 Å². The summed E-state index contributed by atoms with van der Waals surface area (Å²) >= 11 is 0. The number of hydrogen-bond donors (Lipinski definition) is 2. The lowest BCUT2D eigenvalue weighted by atomic mass is 10.1. The molecule has 1 aliphatic heterocycles. The molecule has 0 unspecified atom stereocenters. The molecule has 0 aromatic carbocycles. The molecule has 2 rings (SSSR count). The van der Waals surface area contributed by atoms with Crippen LogP contribution in [-0.2, 0) is 10.8 Å². The monoisotopic (exact) mass is 272 g/mol. The zero-order chi connectivity index (χ0) is 13.1. The van der Waals surface area contributed by atoms with Crippen LogP contribution in [0.1, 0.15) is 23.2 Å². The van der Waals surface area contributed by atoms with Gasteiger partial charge in [0.25, 0.3) is 0 Å². The van der Waals surface area contributed by atoms with Gasteiger partial charge in [0.05, 0.1) is 0 Å². The second-order valence-corrected chi connectivity index (χ2v) is 5.79. The van der Waals surface area contributed by atoms with E-state index in [1.54, 1.807) is 0 Å². The van der Waals surface area contributed by atoms with Crippen molar-refractivity contribution in [2.24, 2.45) is 0 Å². The summed E-state index contributed by atoms with van der Waals surface area (Å²) in [5.41, 5.74) is -0.396. The van der Waals surface area contributed by atoms with E-state index >= 15 is 0 Å². The smallest absolute Gasteiger partial charge is 0.338 e. The average Bonchev–Trinajstić information content (AvgIpc) is 2.34. The Morgan fingerprint density at radius 1 is 1.50 bits per heavy atom. The standard InChI is InChI=1S/C11H13FN2O3S/c12-9-8(11(15)16)1-4-13-10(9)14-7-2-5-18(17)6-3-7/h1,4,7H,2-3,5-6H2,(H,13,14)(H,15,16). The Balaban J connectivity index is 2.12. The minimum absolute atomic E-state index is 0.00579. The van der Waals surface area contributed by atoms with E-state index < -0.39 is 28.1 Å². The van der Waals surface area contributed by atoms with Crippen LogP contribution in [0, 0.1) is 5.82 Å². The SMILES string of the molecule is O=C(O)c1ccnc(NC2CCS(=O)CC2)c1F. The van der Waals surface area contributed by atoms with Gasteiger partial charge in [0, 0.05) is 34.5 Å². The first kappa shape index (κ1) is 12.9. The molecule has 0 amide bonds. The van der Waals surface area contributed by atoms with Crippen molar-refractivity contribution >= 4 is 22.6 Å². The number of carboxylic acid groups (broad SMARTS) is 1. The summed E-state index contributed by atoms with van der Waals surface area (Å²) in [7, 11) is -0.784. The Morgan fingerprint density at radius 2 is 2.17 bits per heavy atom. The van der Waals surface area contributed by atoms with E-state index in [-0.39, 0.29) is 11.9 Å². The Labute approximate surface area is 106 Å². The van der Waals surface area contributed by atoms with Crippen molar-refractivity contribution in [1.82, 2.24) is 4.98 Å². The highest BCUT2D eigenvalue weighted by molar-refractivity contribution is 7.85. The van der Waals surface area contributed by atoms with Crippen molar-refractivity contribution in [1.29, 1.82) is 0 Å². The van der Waals surface area contributed by atoms with Crippen LogP contribution in [0.25, 0.3) is 0 Å². The fourth-order valence-electron chi connectivity index (χ4n) is 1.84. The molecule has 7 heteroatoms. The zero-order valence-electron chi connectivity index (χ0n) is 9.56. The van der Waals surface area contributed by atoms with Crippen molar-refractivity contribution in [2.75, 3.05) is 16.8 Å². The van der Waals surface area contributed by atoms with Crippen molar-refractivity contribution in [3.8, 4) is 0 Å². The first-order valence-corrected chi connectivity index (χ1v) is 7.06. The molecular formula is C11H13FN2O3S. The maximum absolute atomic E-state index is 13.8. The Bertz CT molecular complexity index is 485. The molecule has 0 spiro atoms. The highest BCUT2D eigenvalue weighted by atomic mass is 32.2. The van der Waals surface area contributed by atoms with Gasteiger partial charge < -0.3 is 10.4 Å². The third kappa shape index (κ3) is 2.84. The van der Waals surface area contributed by atoms with Gasteiger partial charge in [0.2, 0.25) is 0 Å². The fourth-order valence-corrected chi connectivity index (χ4v) is 3.14. The average molecular weight is 272 g/mol. The van der Waals surface area contributed by atoms with Gasteiger partial charge in [0.15, 0.2) is 11.6 Å². The number of pyridine rings is 1. The molecule has 98 valence electrons. The van der Waals surface area contributed by atoms with Crippen LogP contribution < -0.4 is 5.32 Å². The molecule has 0 atom stereocenters. The Morgan fingerprint density at radius 3 is 2.78 bits per heavy atom. The van der Waals surface area contributed by atoms with Crippen LogP contribution in [0.2, 0.25) is 0 Å². The second-order valence-electron chi connectivity index (χ2n) is 4.09. The van der Waals surface area contributed by atoms with Gasteiger partial charge in [-0.3, -0.25) is 4.21 Å². The van der Waals surface area contributed by atoms with Gasteiger partial charge >= 0.3 is 5.97 Å². The van der Waals surface area contributed by atoms with Crippen LogP contribution in [-0.4, -0.2) is 37.8 Å². The summed E-state index contributed by atoms with van der Waals surface area (Å²) in [5, 5.41) is 11.7. The summed E-state index contributed by atoms with van der Waals surface area (Å²) in [5.74, 6) is -1.05. The second kappa shape index (κ2) is 5.43. The number of rotatable bonds is 3. The predicted molar refractivity (Wildman–Crippen MR) is 65.7 cm³/mol. The van der Waals surface area contributed by atoms with Crippen LogP contribution in [0.3, 0.4) is 0 Å². The molecule has 0 aliphatic carbocycles. The molecule has 18 heavy (non-hydrogen) atoms. The van der Waals surface area contributed by atoms with Gasteiger partial charge in [-0.05, 0) is 18.9 Å². The largest absolute Gasteiger partial charge is 0.478 e. The fraction of sp³-hybridized carbons (Fsp3) is 0.455. The lowest BCUT2D eigenvalue weighted by molar-refractivity contribution is 0.0692. The minimum atomic E-state index is -1.32. The molecule has 0 saturated carbocycles. The summed E-state index contributed by atoms with van der Waals surface area (Å²) in [6.07, 6.45) is 2.60. The van der Waals surface area contributed by atoms with Gasteiger partial charge in [0.1, 0.15) is 5.56 Å². The highest BCUT2D eigenvalue weighted by Gasteiger charge is 2.21. The lowest BCUT2D eigenvalue weighted by Gasteiger charge is -2.23. The number of aromatic nitrogens is 1. The van der Waals surface area contributed by atoms with Gasteiger partial charge in [-0.15, -0.1) is 0 Å². The molecule has 1 aromatic rings. The molecule has 1 saturated heterocycles. The molecular weight excluding hydrogens is 259 g/mol. The number of hydrogen-bond acceptors (Lipinski definition) is 4. The van der Waals surface area contributed by atoms with E-state index in [9.17, 15) is 13.4 Å². The zero-order valence-corrected chi connectivity index (χ0v) is 10.4. The molecule has 0 radical (unpaired) electrons. The number of nitrogens with one attached hydrogen (secondary N) is 1. The van der Waals surface area contributed by atoms with Crippen molar-refractivity contribution in [3.63, 3.8) is 0 Å². The predicted octanol–water partition coefficient (Wildman–Crippen LogP) is 1.24. The molecule has 1 aromatic heterocycles. The summed E-state index contributed by atoms with van der Waals surface area (Å²) < 4.78 is 25.0. The van der Waals surface area contributed by atoms with Crippen LogP contribution >= 0.6 is 0 Å². The first-order chi connectivity index (χ1) is 8.58. The summed E-state index contributed by atoms with van der Waals surface area (Å²) in [6, 6.07) is 1.12. The van der Waals surface area contributed by atoms with Crippen LogP contribution in [0.15, 0.2) is 12.3 Å². The quantitative estimate of drug-likeness (QED) is 0.865. The van der Waals surface area contributed by atoms with Gasteiger partial charge in [-0.1, -0.05) is 0 Å². The first-order valence-electron chi connectivity index (χ1n) is 5.57. The van der Waals surface area contributed by atoms with Crippen LogP contribution in [0.4, 0.5) is 10.2 Å². The van der Waals surface area contributed by atoms with Crippen molar-refractivity contribution in [2.45, 2.75) is 18.9 Å². The van der Waals surface area contributed by atoms with E-state index in [0.29, 0.717) is 24.3 Å². The topological polar surface area (TPSA) is 79.3 Å². The molecule has 0 bridgehead atoms. The number of aromatic carboxylic acids is 1. The van der Waals surface area contributed by atoms with E-state index in [2.05, 4.69) is 10.3 Å². The van der Waals surface area contributed by atoms with Crippen molar-refractivity contribution in [3.05, 3.63) is 23.6 Å². The Kier molecular flexibility index (Phi) is 3.90.